The summed E-state index contributed by atoms with van der Waals surface area (Å²) >= 11 is 0. The number of rotatable bonds is 4. The first-order chi connectivity index (χ1) is 11.2. The summed E-state index contributed by atoms with van der Waals surface area (Å²) < 4.78 is 5.20. The van der Waals surface area contributed by atoms with E-state index in [0.29, 0.717) is 6.61 Å². The van der Waals surface area contributed by atoms with E-state index >= 15 is 0 Å². The molecule has 1 saturated carbocycles. The van der Waals surface area contributed by atoms with Gasteiger partial charge >= 0.3 is 0 Å². The van der Waals surface area contributed by atoms with Crippen molar-refractivity contribution in [2.75, 3.05) is 33.3 Å². The van der Waals surface area contributed by atoms with Crippen molar-refractivity contribution in [1.82, 2.24) is 9.80 Å². The van der Waals surface area contributed by atoms with Crippen LogP contribution in [0, 0.1) is 0 Å². The highest BCUT2D eigenvalue weighted by molar-refractivity contribution is 5.95. The van der Waals surface area contributed by atoms with Crippen LogP contribution in [0.1, 0.15) is 35.2 Å². The summed E-state index contributed by atoms with van der Waals surface area (Å²) in [5.41, 5.74) is 1.68. The normalized spacial score (nSPS) is 25.7. The molecule has 2 atom stereocenters. The summed E-state index contributed by atoms with van der Waals surface area (Å²) in [6.45, 7) is 3.60. The Morgan fingerprint density at radius 2 is 1.96 bits per heavy atom. The van der Waals surface area contributed by atoms with Crippen LogP contribution in [-0.2, 0) is 11.3 Å². The van der Waals surface area contributed by atoms with E-state index in [1.807, 2.05) is 29.2 Å². The van der Waals surface area contributed by atoms with E-state index < -0.39 is 0 Å². The predicted octanol–water partition coefficient (Wildman–Crippen LogP) is 1.50. The number of aliphatic hydroxyl groups excluding tert-OH is 1. The Labute approximate surface area is 137 Å². The molecule has 1 amide bonds. The maximum atomic E-state index is 12.8. The van der Waals surface area contributed by atoms with Gasteiger partial charge in [-0.05, 0) is 30.9 Å². The summed E-state index contributed by atoms with van der Waals surface area (Å²) in [5.74, 6) is 0.0873. The van der Waals surface area contributed by atoms with E-state index in [1.165, 1.54) is 0 Å². The number of nitrogens with zero attached hydrogens (tertiary/aromatic N) is 2. The van der Waals surface area contributed by atoms with Crippen LogP contribution in [0.4, 0.5) is 0 Å². The van der Waals surface area contributed by atoms with E-state index in [0.717, 1.165) is 56.6 Å². The Morgan fingerprint density at radius 1 is 1.22 bits per heavy atom. The van der Waals surface area contributed by atoms with Crippen LogP contribution >= 0.6 is 0 Å². The fraction of sp³-hybridized carbons (Fsp3) is 0.611. The van der Waals surface area contributed by atoms with Crippen LogP contribution in [0.2, 0.25) is 0 Å². The smallest absolute Gasteiger partial charge is 0.254 e. The number of benzene rings is 1. The fourth-order valence-electron chi connectivity index (χ4n) is 3.78. The van der Waals surface area contributed by atoms with Gasteiger partial charge in [-0.15, -0.1) is 0 Å². The molecule has 1 aliphatic heterocycles. The minimum Gasteiger partial charge on any atom is -0.391 e. The Hall–Kier alpha value is -1.43. The average Bonchev–Trinajstić information content (AvgIpc) is 3.01. The predicted molar refractivity (Wildman–Crippen MR) is 88.3 cm³/mol. The summed E-state index contributed by atoms with van der Waals surface area (Å²) in [6.07, 6.45) is 2.90. The molecule has 1 heterocycles. The molecule has 23 heavy (non-hydrogen) atoms. The van der Waals surface area contributed by atoms with Crippen molar-refractivity contribution in [3.05, 3.63) is 35.4 Å². The molecule has 2 fully saturated rings. The molecule has 0 unspecified atom stereocenters. The van der Waals surface area contributed by atoms with Crippen molar-refractivity contribution >= 4 is 5.91 Å². The van der Waals surface area contributed by atoms with Gasteiger partial charge in [-0.1, -0.05) is 18.2 Å². The third-order valence-corrected chi connectivity index (χ3v) is 5.06. The van der Waals surface area contributed by atoms with E-state index in [2.05, 4.69) is 4.90 Å². The molecule has 3 rings (SSSR count). The highest BCUT2D eigenvalue weighted by Gasteiger charge is 2.33. The van der Waals surface area contributed by atoms with Gasteiger partial charge in [0.05, 0.1) is 12.7 Å². The lowest BCUT2D eigenvalue weighted by atomic mass is 10.1. The fourth-order valence-corrected chi connectivity index (χ4v) is 3.78. The number of ether oxygens (including phenoxy) is 1. The van der Waals surface area contributed by atoms with Crippen LogP contribution in [0.3, 0.4) is 0 Å². The third-order valence-electron chi connectivity index (χ3n) is 5.06. The SMILES string of the molecule is COCc1ccccc1C(=O)N1CCN([C@@H]2CCC[C@H]2O)CC1. The molecule has 1 N–H and O–H groups in total. The molecule has 5 heteroatoms. The van der Waals surface area contributed by atoms with E-state index in [9.17, 15) is 9.90 Å². The first kappa shape index (κ1) is 16.4. The lowest BCUT2D eigenvalue weighted by molar-refractivity contribution is 0.0314. The molecule has 0 bridgehead atoms. The van der Waals surface area contributed by atoms with Crippen molar-refractivity contribution in [2.24, 2.45) is 0 Å². The summed E-state index contributed by atoms with van der Waals surface area (Å²) in [4.78, 5) is 17.1. The van der Waals surface area contributed by atoms with Gasteiger partial charge in [0.1, 0.15) is 0 Å². The van der Waals surface area contributed by atoms with Crippen LogP contribution in [0.25, 0.3) is 0 Å². The lowest BCUT2D eigenvalue weighted by Gasteiger charge is -2.39. The topological polar surface area (TPSA) is 53.0 Å². The molecule has 1 aromatic carbocycles. The molecule has 2 aliphatic rings. The molecule has 0 aromatic heterocycles. The number of hydrogen-bond acceptors (Lipinski definition) is 4. The first-order valence-electron chi connectivity index (χ1n) is 8.49. The number of methoxy groups -OCH3 is 1. The first-order valence-corrected chi connectivity index (χ1v) is 8.49. The average molecular weight is 318 g/mol. The molecule has 126 valence electrons. The molecule has 0 radical (unpaired) electrons. The van der Waals surface area contributed by atoms with Gasteiger partial charge in [0.25, 0.3) is 5.91 Å². The van der Waals surface area contributed by atoms with Gasteiger partial charge in [-0.2, -0.15) is 0 Å². The second kappa shape index (κ2) is 7.43. The number of amides is 1. The van der Waals surface area contributed by atoms with Crippen molar-refractivity contribution < 1.29 is 14.6 Å². The molecule has 1 aliphatic carbocycles. The summed E-state index contributed by atoms with van der Waals surface area (Å²) in [7, 11) is 1.65. The monoisotopic (exact) mass is 318 g/mol. The maximum Gasteiger partial charge on any atom is 0.254 e. The highest BCUT2D eigenvalue weighted by Crippen LogP contribution is 2.25. The summed E-state index contributed by atoms with van der Waals surface area (Å²) in [5, 5.41) is 10.1. The van der Waals surface area contributed by atoms with Gasteiger partial charge in [0, 0.05) is 44.9 Å². The van der Waals surface area contributed by atoms with Crippen molar-refractivity contribution in [1.29, 1.82) is 0 Å². The summed E-state index contributed by atoms with van der Waals surface area (Å²) in [6, 6.07) is 7.95. The zero-order valence-electron chi connectivity index (χ0n) is 13.8. The third kappa shape index (κ3) is 3.57. The maximum absolute atomic E-state index is 12.8. The minimum atomic E-state index is -0.195. The van der Waals surface area contributed by atoms with Crippen LogP contribution in [0.15, 0.2) is 24.3 Å². The minimum absolute atomic E-state index is 0.0873. The molecule has 1 aromatic rings. The zero-order valence-corrected chi connectivity index (χ0v) is 13.8. The van der Waals surface area contributed by atoms with E-state index in [1.54, 1.807) is 7.11 Å². The van der Waals surface area contributed by atoms with Gasteiger partial charge in [0.2, 0.25) is 0 Å². The van der Waals surface area contributed by atoms with E-state index in [-0.39, 0.29) is 18.1 Å². The van der Waals surface area contributed by atoms with Crippen molar-refractivity contribution in [3.63, 3.8) is 0 Å². The van der Waals surface area contributed by atoms with Gasteiger partial charge in [-0.25, -0.2) is 0 Å². The quantitative estimate of drug-likeness (QED) is 0.914. The molecule has 5 nitrogen and oxygen atoms in total. The van der Waals surface area contributed by atoms with Crippen molar-refractivity contribution in [3.8, 4) is 0 Å². The Balaban J connectivity index is 1.62. The Kier molecular flexibility index (Phi) is 5.30. The molecule has 0 spiro atoms. The molecular weight excluding hydrogens is 292 g/mol. The second-order valence-electron chi connectivity index (χ2n) is 6.48. The van der Waals surface area contributed by atoms with Gasteiger partial charge in [0.15, 0.2) is 0 Å². The standard InChI is InChI=1S/C18H26N2O3/c1-23-13-14-5-2-3-6-15(14)18(22)20-11-9-19(10-12-20)16-7-4-8-17(16)21/h2-3,5-6,16-17,21H,4,7-13H2,1H3/t16-,17-/m1/s1. The van der Waals surface area contributed by atoms with Gasteiger partial charge in [-0.3, -0.25) is 9.69 Å². The van der Waals surface area contributed by atoms with Crippen molar-refractivity contribution in [2.45, 2.75) is 38.0 Å². The Bertz CT molecular complexity index is 541. The highest BCUT2D eigenvalue weighted by atomic mass is 16.5. The second-order valence-corrected chi connectivity index (χ2v) is 6.48. The number of carbonyl (C=O) groups is 1. The van der Waals surface area contributed by atoms with Gasteiger partial charge < -0.3 is 14.7 Å². The number of hydrogen-bond donors (Lipinski definition) is 1. The van der Waals surface area contributed by atoms with Crippen LogP contribution < -0.4 is 0 Å². The number of carbonyl (C=O) groups excluding carboxylic acids is 1. The largest absolute Gasteiger partial charge is 0.391 e. The number of aliphatic hydroxyl groups is 1. The lowest BCUT2D eigenvalue weighted by Crippen LogP contribution is -2.53. The van der Waals surface area contributed by atoms with E-state index in [4.69, 9.17) is 4.74 Å². The Morgan fingerprint density at radius 3 is 2.61 bits per heavy atom. The molecular formula is C18H26N2O3. The number of piperazine rings is 1. The molecule has 1 saturated heterocycles. The zero-order chi connectivity index (χ0) is 16.2. The van der Waals surface area contributed by atoms with Crippen LogP contribution in [-0.4, -0.2) is 66.2 Å². The van der Waals surface area contributed by atoms with Crippen LogP contribution in [0.5, 0.6) is 0 Å².